The summed E-state index contributed by atoms with van der Waals surface area (Å²) in [6.45, 7) is 3.30. The Labute approximate surface area is 181 Å². The van der Waals surface area contributed by atoms with E-state index in [-0.39, 0.29) is 11.4 Å². The molecule has 0 fully saturated rings. The summed E-state index contributed by atoms with van der Waals surface area (Å²) in [4.78, 5) is 16.1. The second-order valence-electron chi connectivity index (χ2n) is 8.25. The van der Waals surface area contributed by atoms with Crippen molar-refractivity contribution in [3.63, 3.8) is 0 Å². The number of rotatable bonds is 8. The topological polar surface area (TPSA) is 64.8 Å². The van der Waals surface area contributed by atoms with E-state index in [1.807, 2.05) is 22.3 Å². The van der Waals surface area contributed by atoms with Gasteiger partial charge in [-0.15, -0.1) is 11.3 Å². The van der Waals surface area contributed by atoms with Gasteiger partial charge in [0.05, 0.1) is 14.2 Å². The lowest BCUT2D eigenvalue weighted by Crippen LogP contribution is -2.40. The Morgan fingerprint density at radius 2 is 1.83 bits per heavy atom. The molecule has 1 aromatic heterocycles. The molecule has 5 nitrogen and oxygen atoms in total. The van der Waals surface area contributed by atoms with E-state index in [1.54, 1.807) is 20.3 Å². The molecule has 1 amide bonds. The molecule has 6 heteroatoms. The van der Waals surface area contributed by atoms with Gasteiger partial charge < -0.3 is 20.1 Å². The number of hydrogen-bond acceptors (Lipinski definition) is 5. The van der Waals surface area contributed by atoms with Gasteiger partial charge in [-0.3, -0.25) is 4.79 Å². The van der Waals surface area contributed by atoms with Gasteiger partial charge in [-0.25, -0.2) is 0 Å². The zero-order valence-corrected chi connectivity index (χ0v) is 18.6. The number of thiophene rings is 1. The maximum absolute atomic E-state index is 12.9. The molecule has 2 N–H and O–H groups in total. The van der Waals surface area contributed by atoms with Crippen LogP contribution in [0, 0.1) is 0 Å². The fourth-order valence-electron chi connectivity index (χ4n) is 3.96. The molecule has 30 heavy (non-hydrogen) atoms. The van der Waals surface area contributed by atoms with Crippen molar-refractivity contribution in [3.05, 3.63) is 58.5 Å². The number of benzene rings is 2. The molecule has 4 rings (SSSR count). The zero-order chi connectivity index (χ0) is 21.3. The molecule has 1 aliphatic rings. The number of aryl methyl sites for hydroxylation is 1. The SMILES string of the molecule is COc1cc2c(cc1OC)C(=O)N(CCC(C)(N)CCc1cc3ccccc3s1)C2. The summed E-state index contributed by atoms with van der Waals surface area (Å²) in [5.74, 6) is 1.27. The van der Waals surface area contributed by atoms with E-state index in [0.717, 1.165) is 24.8 Å². The van der Waals surface area contributed by atoms with E-state index in [4.69, 9.17) is 15.2 Å². The van der Waals surface area contributed by atoms with Crippen LogP contribution in [0.25, 0.3) is 10.1 Å². The average Bonchev–Trinajstić information content (AvgIpc) is 3.30. The van der Waals surface area contributed by atoms with Gasteiger partial charge in [-0.1, -0.05) is 18.2 Å². The van der Waals surface area contributed by atoms with E-state index < -0.39 is 0 Å². The maximum atomic E-state index is 12.9. The Kier molecular flexibility index (Phi) is 5.71. The normalized spacial score (nSPS) is 15.3. The fraction of sp³-hybridized carbons (Fsp3) is 0.375. The summed E-state index contributed by atoms with van der Waals surface area (Å²) < 4.78 is 12.0. The van der Waals surface area contributed by atoms with Crippen LogP contribution in [0.2, 0.25) is 0 Å². The Hall–Kier alpha value is -2.57. The number of nitrogens with two attached hydrogens (primary N) is 1. The van der Waals surface area contributed by atoms with Crippen LogP contribution < -0.4 is 15.2 Å². The predicted molar refractivity (Wildman–Crippen MR) is 122 cm³/mol. The maximum Gasteiger partial charge on any atom is 0.254 e. The van der Waals surface area contributed by atoms with Gasteiger partial charge in [0.15, 0.2) is 11.5 Å². The van der Waals surface area contributed by atoms with E-state index in [2.05, 4.69) is 37.3 Å². The second kappa shape index (κ2) is 8.28. The number of carbonyl (C=O) groups is 1. The Bertz CT molecular complexity index is 1040. The number of amides is 1. The van der Waals surface area contributed by atoms with Crippen molar-refractivity contribution in [2.75, 3.05) is 20.8 Å². The third kappa shape index (κ3) is 4.16. The number of nitrogens with zero attached hydrogens (tertiary/aromatic N) is 1. The van der Waals surface area contributed by atoms with Crippen molar-refractivity contribution in [1.29, 1.82) is 0 Å². The number of methoxy groups -OCH3 is 2. The molecular weight excluding hydrogens is 396 g/mol. The average molecular weight is 425 g/mol. The molecule has 3 aromatic rings. The van der Waals surface area contributed by atoms with Crippen LogP contribution in [0.15, 0.2) is 42.5 Å². The van der Waals surface area contributed by atoms with E-state index >= 15 is 0 Å². The summed E-state index contributed by atoms with van der Waals surface area (Å²) in [6, 6.07) is 14.4. The molecule has 1 aliphatic heterocycles. The van der Waals surface area contributed by atoms with Crippen LogP contribution in [-0.2, 0) is 13.0 Å². The molecule has 0 spiro atoms. The highest BCUT2D eigenvalue weighted by molar-refractivity contribution is 7.19. The largest absolute Gasteiger partial charge is 0.493 e. The van der Waals surface area contributed by atoms with Gasteiger partial charge in [0, 0.05) is 33.8 Å². The highest BCUT2D eigenvalue weighted by Crippen LogP contribution is 2.35. The minimum Gasteiger partial charge on any atom is -0.493 e. The smallest absolute Gasteiger partial charge is 0.254 e. The molecule has 1 unspecified atom stereocenters. The molecule has 2 aromatic carbocycles. The molecule has 0 bridgehead atoms. The van der Waals surface area contributed by atoms with Crippen molar-refractivity contribution >= 4 is 27.3 Å². The minimum atomic E-state index is -0.333. The van der Waals surface area contributed by atoms with E-state index in [1.165, 1.54) is 15.0 Å². The fourth-order valence-corrected chi connectivity index (χ4v) is 5.03. The van der Waals surface area contributed by atoms with Crippen LogP contribution >= 0.6 is 11.3 Å². The minimum absolute atomic E-state index is 0.0336. The number of ether oxygens (including phenoxy) is 2. The van der Waals surface area contributed by atoms with Crippen LogP contribution in [0.1, 0.15) is 40.6 Å². The van der Waals surface area contributed by atoms with Gasteiger partial charge >= 0.3 is 0 Å². The molecule has 0 radical (unpaired) electrons. The Morgan fingerprint density at radius 1 is 1.10 bits per heavy atom. The lowest BCUT2D eigenvalue weighted by molar-refractivity contribution is 0.0766. The summed E-state index contributed by atoms with van der Waals surface area (Å²) in [7, 11) is 3.19. The van der Waals surface area contributed by atoms with Crippen molar-refractivity contribution in [2.24, 2.45) is 5.73 Å². The summed E-state index contributed by atoms with van der Waals surface area (Å²) in [5.41, 5.74) is 7.94. The first kappa shape index (κ1) is 20.7. The zero-order valence-electron chi connectivity index (χ0n) is 17.7. The highest BCUT2D eigenvalue weighted by atomic mass is 32.1. The number of carbonyl (C=O) groups excluding carboxylic acids is 1. The molecule has 0 saturated heterocycles. The lowest BCUT2D eigenvalue weighted by atomic mass is 9.92. The van der Waals surface area contributed by atoms with Crippen LogP contribution in [0.4, 0.5) is 0 Å². The predicted octanol–water partition coefficient (Wildman–Crippen LogP) is 4.61. The van der Waals surface area contributed by atoms with Crippen molar-refractivity contribution in [2.45, 2.75) is 38.3 Å². The van der Waals surface area contributed by atoms with E-state index in [9.17, 15) is 4.79 Å². The molecule has 0 aliphatic carbocycles. The molecule has 1 atom stereocenters. The summed E-state index contributed by atoms with van der Waals surface area (Å²) in [6.07, 6.45) is 2.59. The highest BCUT2D eigenvalue weighted by Gasteiger charge is 2.31. The summed E-state index contributed by atoms with van der Waals surface area (Å²) in [5, 5.41) is 1.29. The standard InChI is InChI=1S/C24H28N2O3S/c1-24(25,9-8-18-12-16-6-4-5-7-22(16)30-18)10-11-26-15-17-13-20(28-2)21(29-3)14-19(17)23(26)27/h4-7,12-14H,8-11,15,25H2,1-3H3. The molecule has 2 heterocycles. The quantitative estimate of drug-likeness (QED) is 0.573. The van der Waals surface area contributed by atoms with Crippen LogP contribution in [0.3, 0.4) is 0 Å². The molecular formula is C24H28N2O3S. The Balaban J connectivity index is 1.36. The number of hydrogen-bond donors (Lipinski definition) is 1. The van der Waals surface area contributed by atoms with Gasteiger partial charge in [-0.05, 0) is 61.4 Å². The molecule has 158 valence electrons. The lowest BCUT2D eigenvalue weighted by Gasteiger charge is -2.27. The van der Waals surface area contributed by atoms with Crippen molar-refractivity contribution in [1.82, 2.24) is 4.90 Å². The van der Waals surface area contributed by atoms with Gasteiger partial charge in [0.2, 0.25) is 0 Å². The van der Waals surface area contributed by atoms with Gasteiger partial charge in [0.1, 0.15) is 0 Å². The number of fused-ring (bicyclic) bond motifs is 2. The van der Waals surface area contributed by atoms with Gasteiger partial charge in [0.25, 0.3) is 5.91 Å². The van der Waals surface area contributed by atoms with Crippen molar-refractivity contribution in [3.8, 4) is 11.5 Å². The first-order chi connectivity index (χ1) is 14.4. The van der Waals surface area contributed by atoms with E-state index in [0.29, 0.717) is 30.2 Å². The summed E-state index contributed by atoms with van der Waals surface area (Å²) >= 11 is 1.84. The third-order valence-corrected chi connectivity index (χ3v) is 7.04. The third-order valence-electron chi connectivity index (χ3n) is 5.86. The first-order valence-electron chi connectivity index (χ1n) is 10.2. The van der Waals surface area contributed by atoms with Crippen LogP contribution in [-0.4, -0.2) is 37.1 Å². The Morgan fingerprint density at radius 3 is 2.57 bits per heavy atom. The first-order valence-corrected chi connectivity index (χ1v) is 11.0. The van der Waals surface area contributed by atoms with Crippen molar-refractivity contribution < 1.29 is 14.3 Å². The second-order valence-corrected chi connectivity index (χ2v) is 9.41. The monoisotopic (exact) mass is 424 g/mol. The van der Waals surface area contributed by atoms with Crippen LogP contribution in [0.5, 0.6) is 11.5 Å². The molecule has 0 saturated carbocycles. The van der Waals surface area contributed by atoms with Gasteiger partial charge in [-0.2, -0.15) is 0 Å².